The molecule has 0 amide bonds. The van der Waals surface area contributed by atoms with Crippen LogP contribution in [0.3, 0.4) is 0 Å². The number of piperazine rings is 1. The summed E-state index contributed by atoms with van der Waals surface area (Å²) in [4.78, 5) is 5.72. The molecule has 26 heavy (non-hydrogen) atoms. The summed E-state index contributed by atoms with van der Waals surface area (Å²) in [6.45, 7) is 4.18. The average molecular weight is 372 g/mol. The number of hydrogen-bond donors (Lipinski definition) is 0. The highest BCUT2D eigenvalue weighted by Crippen LogP contribution is 2.30. The number of thiophene rings is 1. The Balaban J connectivity index is 1.72. The fourth-order valence-electron chi connectivity index (χ4n) is 3.35. The van der Waals surface area contributed by atoms with Gasteiger partial charge in [-0.05, 0) is 35.0 Å². The van der Waals surface area contributed by atoms with Gasteiger partial charge in [-0.25, -0.2) is 9.07 Å². The highest BCUT2D eigenvalue weighted by molar-refractivity contribution is 7.09. The number of rotatable bonds is 5. The molecule has 2 aromatic heterocycles. The van der Waals surface area contributed by atoms with E-state index in [0.29, 0.717) is 17.9 Å². The van der Waals surface area contributed by atoms with Gasteiger partial charge in [0.2, 0.25) is 0 Å². The molecule has 0 saturated carbocycles. The Morgan fingerprint density at radius 3 is 2.65 bits per heavy atom. The van der Waals surface area contributed by atoms with E-state index < -0.39 is 0 Å². The standard InChI is InChI=1S/C18H21FN6S/c1-23-8-10-24(11-9-23)17(15-6-2-3-7-16(15)19)18-20-21-22-25(18)13-14-5-4-12-26-14/h2-7,12,17H,8-11,13H2,1H3. The summed E-state index contributed by atoms with van der Waals surface area (Å²) in [6.07, 6.45) is 0. The fraction of sp³-hybridized carbons (Fsp3) is 0.389. The topological polar surface area (TPSA) is 50.1 Å². The lowest BCUT2D eigenvalue weighted by Crippen LogP contribution is -2.47. The Kier molecular flexibility index (Phi) is 5.05. The molecule has 8 heteroatoms. The highest BCUT2D eigenvalue weighted by atomic mass is 32.1. The van der Waals surface area contributed by atoms with Crippen LogP contribution >= 0.6 is 11.3 Å². The van der Waals surface area contributed by atoms with Crippen molar-refractivity contribution < 1.29 is 4.39 Å². The van der Waals surface area contributed by atoms with Crippen LogP contribution in [0.4, 0.5) is 4.39 Å². The second-order valence-electron chi connectivity index (χ2n) is 6.54. The van der Waals surface area contributed by atoms with Crippen LogP contribution in [-0.4, -0.2) is 63.2 Å². The van der Waals surface area contributed by atoms with Crippen molar-refractivity contribution in [3.05, 3.63) is 63.9 Å². The first-order valence-electron chi connectivity index (χ1n) is 8.68. The van der Waals surface area contributed by atoms with Gasteiger partial charge in [0, 0.05) is 36.6 Å². The van der Waals surface area contributed by atoms with Crippen LogP contribution in [0.15, 0.2) is 41.8 Å². The van der Waals surface area contributed by atoms with E-state index in [1.165, 1.54) is 10.9 Å². The zero-order valence-electron chi connectivity index (χ0n) is 14.6. The van der Waals surface area contributed by atoms with E-state index in [2.05, 4.69) is 38.4 Å². The monoisotopic (exact) mass is 372 g/mol. The molecule has 0 radical (unpaired) electrons. The molecule has 0 N–H and O–H groups in total. The van der Waals surface area contributed by atoms with Gasteiger partial charge in [0.1, 0.15) is 11.9 Å². The second-order valence-corrected chi connectivity index (χ2v) is 7.57. The van der Waals surface area contributed by atoms with Crippen LogP contribution in [-0.2, 0) is 6.54 Å². The van der Waals surface area contributed by atoms with E-state index >= 15 is 0 Å². The van der Waals surface area contributed by atoms with E-state index in [1.807, 2.05) is 23.6 Å². The summed E-state index contributed by atoms with van der Waals surface area (Å²) in [5.41, 5.74) is 0.624. The van der Waals surface area contributed by atoms with Crippen LogP contribution in [0.5, 0.6) is 0 Å². The molecule has 4 rings (SSSR count). The maximum Gasteiger partial charge on any atom is 0.173 e. The molecule has 6 nitrogen and oxygen atoms in total. The maximum atomic E-state index is 14.7. The Morgan fingerprint density at radius 2 is 1.92 bits per heavy atom. The number of tetrazole rings is 1. The van der Waals surface area contributed by atoms with E-state index in [9.17, 15) is 4.39 Å². The predicted octanol–water partition coefficient (Wildman–Crippen LogP) is 2.26. The maximum absolute atomic E-state index is 14.7. The lowest BCUT2D eigenvalue weighted by atomic mass is 10.0. The van der Waals surface area contributed by atoms with Gasteiger partial charge >= 0.3 is 0 Å². The quantitative estimate of drug-likeness (QED) is 0.688. The van der Waals surface area contributed by atoms with Crippen molar-refractivity contribution in [1.29, 1.82) is 0 Å². The molecule has 1 saturated heterocycles. The first-order chi connectivity index (χ1) is 12.7. The second kappa shape index (κ2) is 7.61. The summed E-state index contributed by atoms with van der Waals surface area (Å²) in [5.74, 6) is 0.468. The van der Waals surface area contributed by atoms with Crippen LogP contribution < -0.4 is 0 Å². The van der Waals surface area contributed by atoms with Gasteiger partial charge in [0.25, 0.3) is 0 Å². The van der Waals surface area contributed by atoms with Crippen molar-refractivity contribution >= 4 is 11.3 Å². The van der Waals surface area contributed by atoms with Crippen molar-refractivity contribution in [3.8, 4) is 0 Å². The number of nitrogens with zero attached hydrogens (tertiary/aromatic N) is 6. The van der Waals surface area contributed by atoms with Crippen molar-refractivity contribution in [2.24, 2.45) is 0 Å². The molecule has 1 aliphatic rings. The molecule has 1 fully saturated rings. The van der Waals surface area contributed by atoms with Gasteiger partial charge in [0.05, 0.1) is 6.54 Å². The van der Waals surface area contributed by atoms with Crippen molar-refractivity contribution in [3.63, 3.8) is 0 Å². The van der Waals surface area contributed by atoms with Gasteiger partial charge in [-0.15, -0.1) is 16.4 Å². The molecule has 3 heterocycles. The van der Waals surface area contributed by atoms with Gasteiger partial charge in [0.15, 0.2) is 5.82 Å². The Hall–Kier alpha value is -2.16. The normalized spacial score (nSPS) is 17.5. The van der Waals surface area contributed by atoms with Crippen LogP contribution in [0.25, 0.3) is 0 Å². The smallest absolute Gasteiger partial charge is 0.173 e. The number of halogens is 1. The van der Waals surface area contributed by atoms with Crippen LogP contribution in [0, 0.1) is 5.82 Å². The summed E-state index contributed by atoms with van der Waals surface area (Å²) in [7, 11) is 2.11. The predicted molar refractivity (Wildman–Crippen MR) is 98.6 cm³/mol. The van der Waals surface area contributed by atoms with Gasteiger partial charge in [-0.1, -0.05) is 24.3 Å². The molecule has 1 aliphatic heterocycles. The van der Waals surface area contributed by atoms with E-state index in [1.54, 1.807) is 22.1 Å². The SMILES string of the molecule is CN1CCN(C(c2ccccc2F)c2nnnn2Cc2cccs2)CC1. The lowest BCUT2D eigenvalue weighted by Gasteiger charge is -2.37. The van der Waals surface area contributed by atoms with Crippen LogP contribution in [0.2, 0.25) is 0 Å². The molecule has 0 bridgehead atoms. The van der Waals surface area contributed by atoms with Crippen LogP contribution in [0.1, 0.15) is 22.3 Å². The summed E-state index contributed by atoms with van der Waals surface area (Å²) < 4.78 is 16.5. The summed E-state index contributed by atoms with van der Waals surface area (Å²) >= 11 is 1.67. The minimum atomic E-state index is -0.292. The van der Waals surface area contributed by atoms with Gasteiger partial charge in [-0.3, -0.25) is 4.90 Å². The Morgan fingerprint density at radius 1 is 1.12 bits per heavy atom. The molecule has 136 valence electrons. The number of hydrogen-bond acceptors (Lipinski definition) is 6. The van der Waals surface area contributed by atoms with E-state index in [-0.39, 0.29) is 11.9 Å². The minimum Gasteiger partial charge on any atom is -0.304 e. The van der Waals surface area contributed by atoms with Gasteiger partial charge in [-0.2, -0.15) is 0 Å². The Labute approximate surface area is 155 Å². The zero-order valence-corrected chi connectivity index (χ0v) is 15.4. The Bertz CT molecular complexity index is 841. The molecular weight excluding hydrogens is 351 g/mol. The molecule has 0 aliphatic carbocycles. The molecule has 1 aromatic carbocycles. The molecule has 1 atom stereocenters. The minimum absolute atomic E-state index is 0.220. The van der Waals surface area contributed by atoms with E-state index in [4.69, 9.17) is 0 Å². The summed E-state index contributed by atoms with van der Waals surface area (Å²) in [5, 5.41) is 14.4. The molecule has 3 aromatic rings. The fourth-order valence-corrected chi connectivity index (χ4v) is 4.03. The molecular formula is C18H21FN6S. The van der Waals surface area contributed by atoms with Gasteiger partial charge < -0.3 is 4.90 Å². The van der Waals surface area contributed by atoms with Crippen molar-refractivity contribution in [1.82, 2.24) is 30.0 Å². The number of likely N-dealkylation sites (N-methyl/N-ethyl adjacent to an activating group) is 1. The zero-order chi connectivity index (χ0) is 17.9. The first-order valence-corrected chi connectivity index (χ1v) is 9.56. The lowest BCUT2D eigenvalue weighted by molar-refractivity contribution is 0.120. The third-order valence-corrected chi connectivity index (χ3v) is 5.65. The molecule has 0 spiro atoms. The number of aromatic nitrogens is 4. The van der Waals surface area contributed by atoms with Crippen molar-refractivity contribution in [2.45, 2.75) is 12.6 Å². The largest absolute Gasteiger partial charge is 0.304 e. The third-order valence-electron chi connectivity index (χ3n) is 4.79. The average Bonchev–Trinajstić information content (AvgIpc) is 3.31. The van der Waals surface area contributed by atoms with E-state index in [0.717, 1.165) is 26.2 Å². The first kappa shape index (κ1) is 17.3. The number of benzene rings is 1. The summed E-state index contributed by atoms with van der Waals surface area (Å²) in [6, 6.07) is 10.7. The van der Waals surface area contributed by atoms with Crippen molar-refractivity contribution in [2.75, 3.05) is 33.2 Å². The third kappa shape index (κ3) is 3.53. The molecule has 1 unspecified atom stereocenters. The highest BCUT2D eigenvalue weighted by Gasteiger charge is 2.31.